The molecule has 2 heteroatoms. The van der Waals surface area contributed by atoms with Gasteiger partial charge in [0.1, 0.15) is 5.82 Å². The first-order valence-electron chi connectivity index (χ1n) is 4.98. The monoisotopic (exact) mass is 176 g/mol. The van der Waals surface area contributed by atoms with Crippen LogP contribution >= 0.6 is 0 Å². The third-order valence-corrected chi connectivity index (χ3v) is 2.80. The highest BCUT2D eigenvalue weighted by molar-refractivity contribution is 5.36. The lowest BCUT2D eigenvalue weighted by Gasteiger charge is -2.30. The Morgan fingerprint density at radius 3 is 2.85 bits per heavy atom. The molecule has 0 aliphatic heterocycles. The molecule has 70 valence electrons. The normalized spacial score (nSPS) is 16.7. The van der Waals surface area contributed by atoms with Gasteiger partial charge in [0.05, 0.1) is 0 Å². The van der Waals surface area contributed by atoms with Crippen molar-refractivity contribution >= 4 is 5.82 Å². The van der Waals surface area contributed by atoms with Crippen molar-refractivity contribution in [3.05, 3.63) is 24.4 Å². The van der Waals surface area contributed by atoms with E-state index in [1.807, 2.05) is 18.3 Å². The van der Waals surface area contributed by atoms with Crippen LogP contribution in [-0.4, -0.2) is 18.6 Å². The Hall–Kier alpha value is -1.05. The van der Waals surface area contributed by atoms with Crippen molar-refractivity contribution in [3.8, 4) is 0 Å². The SMILES string of the molecule is CN(CC1CCC1)c1ccccn1. The largest absolute Gasteiger partial charge is 0.359 e. The zero-order chi connectivity index (χ0) is 9.10. The second-order valence-electron chi connectivity index (χ2n) is 3.87. The summed E-state index contributed by atoms with van der Waals surface area (Å²) in [5.74, 6) is 2.00. The second-order valence-corrected chi connectivity index (χ2v) is 3.87. The van der Waals surface area contributed by atoms with E-state index in [0.29, 0.717) is 0 Å². The Kier molecular flexibility index (Phi) is 2.48. The Balaban J connectivity index is 1.92. The molecule has 1 aliphatic carbocycles. The molecule has 1 aromatic heterocycles. The molecule has 0 spiro atoms. The number of aromatic nitrogens is 1. The van der Waals surface area contributed by atoms with E-state index < -0.39 is 0 Å². The second kappa shape index (κ2) is 3.77. The molecule has 1 heterocycles. The Bertz CT molecular complexity index is 254. The molecule has 1 fully saturated rings. The van der Waals surface area contributed by atoms with Crippen LogP contribution in [0.15, 0.2) is 24.4 Å². The van der Waals surface area contributed by atoms with Crippen molar-refractivity contribution < 1.29 is 0 Å². The average molecular weight is 176 g/mol. The molecule has 0 bridgehead atoms. The van der Waals surface area contributed by atoms with E-state index in [-0.39, 0.29) is 0 Å². The summed E-state index contributed by atoms with van der Waals surface area (Å²) in [7, 11) is 2.13. The zero-order valence-corrected chi connectivity index (χ0v) is 8.11. The Labute approximate surface area is 79.6 Å². The van der Waals surface area contributed by atoms with Gasteiger partial charge in [-0.25, -0.2) is 4.98 Å². The summed E-state index contributed by atoms with van der Waals surface area (Å²) >= 11 is 0. The quantitative estimate of drug-likeness (QED) is 0.702. The molecule has 0 N–H and O–H groups in total. The van der Waals surface area contributed by atoms with Crippen molar-refractivity contribution in [1.82, 2.24) is 4.98 Å². The van der Waals surface area contributed by atoms with Gasteiger partial charge >= 0.3 is 0 Å². The molecule has 1 aromatic rings. The zero-order valence-electron chi connectivity index (χ0n) is 8.11. The van der Waals surface area contributed by atoms with Crippen molar-refractivity contribution in [3.63, 3.8) is 0 Å². The predicted molar refractivity (Wildman–Crippen MR) is 54.8 cm³/mol. The fraction of sp³-hybridized carbons (Fsp3) is 0.545. The predicted octanol–water partition coefficient (Wildman–Crippen LogP) is 2.32. The lowest BCUT2D eigenvalue weighted by atomic mass is 9.85. The lowest BCUT2D eigenvalue weighted by Crippen LogP contribution is -2.29. The van der Waals surface area contributed by atoms with E-state index in [1.165, 1.54) is 19.3 Å². The van der Waals surface area contributed by atoms with Crippen LogP contribution in [0, 0.1) is 5.92 Å². The maximum atomic E-state index is 4.32. The molecule has 0 aromatic carbocycles. The fourth-order valence-electron chi connectivity index (χ4n) is 1.74. The van der Waals surface area contributed by atoms with Crippen LogP contribution in [0.2, 0.25) is 0 Å². The van der Waals surface area contributed by atoms with E-state index in [2.05, 4.69) is 23.0 Å². The maximum absolute atomic E-state index is 4.32. The lowest BCUT2D eigenvalue weighted by molar-refractivity contribution is 0.321. The molecular weight excluding hydrogens is 160 g/mol. The fourth-order valence-corrected chi connectivity index (χ4v) is 1.74. The molecule has 0 unspecified atom stereocenters. The summed E-state index contributed by atoms with van der Waals surface area (Å²) in [4.78, 5) is 6.57. The summed E-state index contributed by atoms with van der Waals surface area (Å²) in [6.45, 7) is 1.16. The molecular formula is C11H16N2. The van der Waals surface area contributed by atoms with Crippen LogP contribution in [0.1, 0.15) is 19.3 Å². The topological polar surface area (TPSA) is 16.1 Å². The highest BCUT2D eigenvalue weighted by atomic mass is 15.2. The van der Waals surface area contributed by atoms with Crippen LogP contribution in [0.25, 0.3) is 0 Å². The van der Waals surface area contributed by atoms with Gasteiger partial charge in [0.2, 0.25) is 0 Å². The molecule has 1 aliphatic rings. The summed E-state index contributed by atoms with van der Waals surface area (Å²) in [6.07, 6.45) is 6.07. The van der Waals surface area contributed by atoms with E-state index >= 15 is 0 Å². The van der Waals surface area contributed by atoms with Crippen LogP contribution in [0.4, 0.5) is 5.82 Å². The molecule has 0 atom stereocenters. The van der Waals surface area contributed by atoms with Crippen molar-refractivity contribution in [1.29, 1.82) is 0 Å². The van der Waals surface area contributed by atoms with Gasteiger partial charge in [0.15, 0.2) is 0 Å². The third-order valence-electron chi connectivity index (χ3n) is 2.80. The van der Waals surface area contributed by atoms with Crippen LogP contribution in [0.5, 0.6) is 0 Å². The minimum atomic E-state index is 0.909. The molecule has 1 saturated carbocycles. The van der Waals surface area contributed by atoms with Gasteiger partial charge in [-0.2, -0.15) is 0 Å². The van der Waals surface area contributed by atoms with E-state index in [9.17, 15) is 0 Å². The van der Waals surface area contributed by atoms with Crippen molar-refractivity contribution in [2.45, 2.75) is 19.3 Å². The van der Waals surface area contributed by atoms with Crippen LogP contribution < -0.4 is 4.90 Å². The summed E-state index contributed by atoms with van der Waals surface area (Å²) in [6, 6.07) is 6.07. The number of pyridine rings is 1. The number of rotatable bonds is 3. The highest BCUT2D eigenvalue weighted by Gasteiger charge is 2.19. The third kappa shape index (κ3) is 2.00. The van der Waals surface area contributed by atoms with E-state index in [0.717, 1.165) is 18.3 Å². The summed E-state index contributed by atoms with van der Waals surface area (Å²) in [5, 5.41) is 0. The van der Waals surface area contributed by atoms with Crippen molar-refractivity contribution in [2.75, 3.05) is 18.5 Å². The molecule has 13 heavy (non-hydrogen) atoms. The first kappa shape index (κ1) is 8.54. The molecule has 0 radical (unpaired) electrons. The summed E-state index contributed by atoms with van der Waals surface area (Å²) < 4.78 is 0. The first-order chi connectivity index (χ1) is 6.36. The number of hydrogen-bond acceptors (Lipinski definition) is 2. The van der Waals surface area contributed by atoms with E-state index in [1.54, 1.807) is 0 Å². The number of hydrogen-bond donors (Lipinski definition) is 0. The van der Waals surface area contributed by atoms with Crippen LogP contribution in [0.3, 0.4) is 0 Å². The molecule has 2 nitrogen and oxygen atoms in total. The molecule has 0 amide bonds. The molecule has 0 saturated heterocycles. The smallest absolute Gasteiger partial charge is 0.128 e. The minimum absolute atomic E-state index is 0.909. The first-order valence-corrected chi connectivity index (χ1v) is 4.98. The maximum Gasteiger partial charge on any atom is 0.128 e. The Morgan fingerprint density at radius 1 is 1.46 bits per heavy atom. The van der Waals surface area contributed by atoms with Crippen molar-refractivity contribution in [2.24, 2.45) is 5.92 Å². The summed E-state index contributed by atoms with van der Waals surface area (Å²) in [5.41, 5.74) is 0. The van der Waals surface area contributed by atoms with Gasteiger partial charge in [-0.15, -0.1) is 0 Å². The molecule has 2 rings (SSSR count). The average Bonchev–Trinajstić information content (AvgIpc) is 2.12. The van der Waals surface area contributed by atoms with Gasteiger partial charge in [-0.1, -0.05) is 12.5 Å². The van der Waals surface area contributed by atoms with Gasteiger partial charge in [-0.3, -0.25) is 0 Å². The highest BCUT2D eigenvalue weighted by Crippen LogP contribution is 2.27. The van der Waals surface area contributed by atoms with Gasteiger partial charge in [-0.05, 0) is 30.9 Å². The van der Waals surface area contributed by atoms with Crippen LogP contribution in [-0.2, 0) is 0 Å². The van der Waals surface area contributed by atoms with E-state index in [4.69, 9.17) is 0 Å². The standard InChI is InChI=1S/C11H16N2/c1-13(9-10-5-4-6-10)11-7-2-3-8-12-11/h2-3,7-8,10H,4-6,9H2,1H3. The van der Waals surface area contributed by atoms with Gasteiger partial charge < -0.3 is 4.90 Å². The van der Waals surface area contributed by atoms with Gasteiger partial charge in [0.25, 0.3) is 0 Å². The Morgan fingerprint density at radius 2 is 2.31 bits per heavy atom. The van der Waals surface area contributed by atoms with Gasteiger partial charge in [0, 0.05) is 19.8 Å². The number of anilines is 1. The number of nitrogens with zero attached hydrogens (tertiary/aromatic N) is 2. The minimum Gasteiger partial charge on any atom is -0.359 e.